The van der Waals surface area contributed by atoms with Crippen LogP contribution in [-0.4, -0.2) is 29.7 Å². The lowest BCUT2D eigenvalue weighted by Crippen LogP contribution is -2.06. The third kappa shape index (κ3) is 3.06. The van der Waals surface area contributed by atoms with Gasteiger partial charge in [-0.2, -0.15) is 20.1 Å². The summed E-state index contributed by atoms with van der Waals surface area (Å²) in [5.74, 6) is 1.74. The molecule has 0 bridgehead atoms. The maximum Gasteiger partial charge on any atom is 0.225 e. The highest BCUT2D eigenvalue weighted by Crippen LogP contribution is 2.18. The standard InChI is InChI=1S/C9H14N8S/c1-2-3-17-6(12-5-13-17)4-18-9-15-7(10)14-8(11)16-9/h5H,2-4H2,1H3,(H4,10,11,14,15,16). The molecule has 0 spiro atoms. The van der Waals surface area contributed by atoms with Crippen molar-refractivity contribution in [3.05, 3.63) is 12.2 Å². The molecular weight excluding hydrogens is 252 g/mol. The van der Waals surface area contributed by atoms with Crippen LogP contribution in [0, 0.1) is 0 Å². The second-order valence-electron chi connectivity index (χ2n) is 3.52. The fourth-order valence-corrected chi connectivity index (χ4v) is 2.18. The van der Waals surface area contributed by atoms with Gasteiger partial charge in [0.15, 0.2) is 5.16 Å². The van der Waals surface area contributed by atoms with Gasteiger partial charge in [-0.15, -0.1) is 0 Å². The third-order valence-electron chi connectivity index (χ3n) is 2.11. The van der Waals surface area contributed by atoms with Crippen molar-refractivity contribution in [2.24, 2.45) is 0 Å². The van der Waals surface area contributed by atoms with Gasteiger partial charge in [0, 0.05) is 6.54 Å². The summed E-state index contributed by atoms with van der Waals surface area (Å²) in [6.45, 7) is 2.93. The molecule has 0 radical (unpaired) electrons. The SMILES string of the molecule is CCCn1ncnc1CSc1nc(N)nc(N)n1. The largest absolute Gasteiger partial charge is 0.368 e. The van der Waals surface area contributed by atoms with E-state index in [9.17, 15) is 0 Å². The van der Waals surface area contributed by atoms with E-state index in [-0.39, 0.29) is 11.9 Å². The first kappa shape index (κ1) is 12.6. The van der Waals surface area contributed by atoms with Crippen LogP contribution in [0.1, 0.15) is 19.2 Å². The van der Waals surface area contributed by atoms with Crippen LogP contribution >= 0.6 is 11.8 Å². The quantitative estimate of drug-likeness (QED) is 0.742. The molecule has 0 atom stereocenters. The van der Waals surface area contributed by atoms with Gasteiger partial charge in [0.2, 0.25) is 11.9 Å². The molecule has 0 aliphatic carbocycles. The zero-order valence-corrected chi connectivity index (χ0v) is 10.8. The minimum atomic E-state index is 0.125. The third-order valence-corrected chi connectivity index (χ3v) is 2.95. The van der Waals surface area contributed by atoms with E-state index < -0.39 is 0 Å². The zero-order chi connectivity index (χ0) is 13.0. The number of aromatic nitrogens is 6. The molecule has 0 saturated heterocycles. The number of nitrogens with zero attached hydrogens (tertiary/aromatic N) is 6. The molecule has 9 heteroatoms. The normalized spacial score (nSPS) is 10.7. The van der Waals surface area contributed by atoms with E-state index in [1.807, 2.05) is 4.68 Å². The van der Waals surface area contributed by atoms with Crippen LogP contribution in [0.5, 0.6) is 0 Å². The van der Waals surface area contributed by atoms with Gasteiger partial charge in [0.05, 0.1) is 5.75 Å². The van der Waals surface area contributed by atoms with Gasteiger partial charge in [-0.05, 0) is 6.42 Å². The van der Waals surface area contributed by atoms with Crippen molar-refractivity contribution >= 4 is 23.7 Å². The molecule has 18 heavy (non-hydrogen) atoms. The average molecular weight is 266 g/mol. The van der Waals surface area contributed by atoms with Crippen molar-refractivity contribution in [1.29, 1.82) is 0 Å². The number of nitrogens with two attached hydrogens (primary N) is 2. The Bertz CT molecular complexity index is 505. The number of aryl methyl sites for hydroxylation is 1. The van der Waals surface area contributed by atoms with Crippen molar-refractivity contribution in [3.63, 3.8) is 0 Å². The van der Waals surface area contributed by atoms with Crippen molar-refractivity contribution in [2.75, 3.05) is 11.5 Å². The van der Waals surface area contributed by atoms with Crippen molar-refractivity contribution in [1.82, 2.24) is 29.7 Å². The Hall–Kier alpha value is -1.90. The fourth-order valence-electron chi connectivity index (χ4n) is 1.38. The smallest absolute Gasteiger partial charge is 0.225 e. The molecule has 2 rings (SSSR count). The molecule has 0 aliphatic heterocycles. The van der Waals surface area contributed by atoms with Crippen LogP contribution in [0.3, 0.4) is 0 Å². The topological polar surface area (TPSA) is 121 Å². The van der Waals surface area contributed by atoms with Gasteiger partial charge in [-0.3, -0.25) is 0 Å². The molecule has 0 amide bonds. The number of nitrogen functional groups attached to an aromatic ring is 2. The molecular formula is C9H14N8S. The van der Waals surface area contributed by atoms with Crippen molar-refractivity contribution in [3.8, 4) is 0 Å². The minimum absolute atomic E-state index is 0.125. The monoisotopic (exact) mass is 266 g/mol. The van der Waals surface area contributed by atoms with Gasteiger partial charge >= 0.3 is 0 Å². The highest BCUT2D eigenvalue weighted by molar-refractivity contribution is 7.98. The Morgan fingerprint density at radius 2 is 1.94 bits per heavy atom. The Balaban J connectivity index is 2.04. The first-order valence-corrected chi connectivity index (χ1v) is 6.44. The number of anilines is 2. The molecule has 0 saturated carbocycles. The Morgan fingerprint density at radius 1 is 1.22 bits per heavy atom. The summed E-state index contributed by atoms with van der Waals surface area (Å²) in [6.07, 6.45) is 2.55. The summed E-state index contributed by atoms with van der Waals surface area (Å²) in [7, 11) is 0. The molecule has 8 nitrogen and oxygen atoms in total. The Kier molecular flexibility index (Phi) is 3.92. The average Bonchev–Trinajstić information content (AvgIpc) is 2.73. The van der Waals surface area contributed by atoms with E-state index in [0.29, 0.717) is 10.9 Å². The zero-order valence-electron chi connectivity index (χ0n) is 9.94. The summed E-state index contributed by atoms with van der Waals surface area (Å²) in [5, 5.41) is 4.63. The van der Waals surface area contributed by atoms with E-state index in [1.165, 1.54) is 11.8 Å². The summed E-state index contributed by atoms with van der Waals surface area (Å²) in [4.78, 5) is 15.9. The Labute approximate surface area is 108 Å². The lowest BCUT2D eigenvalue weighted by molar-refractivity contribution is 0.581. The predicted octanol–water partition coefficient (Wildman–Crippen LogP) is 0.330. The summed E-state index contributed by atoms with van der Waals surface area (Å²) >= 11 is 1.40. The highest BCUT2D eigenvalue weighted by atomic mass is 32.2. The number of rotatable bonds is 5. The van der Waals surface area contributed by atoms with Gasteiger partial charge < -0.3 is 11.5 Å². The van der Waals surface area contributed by atoms with Crippen LogP contribution in [0.25, 0.3) is 0 Å². The van der Waals surface area contributed by atoms with Gasteiger partial charge in [-0.1, -0.05) is 18.7 Å². The maximum absolute atomic E-state index is 5.50. The van der Waals surface area contributed by atoms with Crippen LogP contribution < -0.4 is 11.5 Å². The maximum atomic E-state index is 5.50. The van der Waals surface area contributed by atoms with Crippen LogP contribution in [0.2, 0.25) is 0 Å². The van der Waals surface area contributed by atoms with Crippen LogP contribution in [0.15, 0.2) is 11.5 Å². The van der Waals surface area contributed by atoms with Crippen LogP contribution in [0.4, 0.5) is 11.9 Å². The van der Waals surface area contributed by atoms with Gasteiger partial charge in [0.25, 0.3) is 0 Å². The summed E-state index contributed by atoms with van der Waals surface area (Å²) in [5.41, 5.74) is 11.0. The number of thioether (sulfide) groups is 1. The molecule has 0 unspecified atom stereocenters. The summed E-state index contributed by atoms with van der Waals surface area (Å²) in [6, 6.07) is 0. The van der Waals surface area contributed by atoms with Gasteiger partial charge in [0.1, 0.15) is 12.2 Å². The first-order chi connectivity index (χ1) is 8.69. The van der Waals surface area contributed by atoms with Crippen molar-refractivity contribution < 1.29 is 0 Å². The number of hydrogen-bond donors (Lipinski definition) is 2. The first-order valence-electron chi connectivity index (χ1n) is 5.45. The lowest BCUT2D eigenvalue weighted by atomic mass is 10.5. The molecule has 4 N–H and O–H groups in total. The molecule has 2 aromatic heterocycles. The van der Waals surface area contributed by atoms with Crippen molar-refractivity contribution in [2.45, 2.75) is 30.8 Å². The molecule has 2 heterocycles. The fraction of sp³-hybridized carbons (Fsp3) is 0.444. The Morgan fingerprint density at radius 3 is 2.61 bits per heavy atom. The van der Waals surface area contributed by atoms with Gasteiger partial charge in [-0.25, -0.2) is 9.67 Å². The molecule has 0 fully saturated rings. The highest BCUT2D eigenvalue weighted by Gasteiger charge is 2.07. The minimum Gasteiger partial charge on any atom is -0.368 e. The van der Waals surface area contributed by atoms with E-state index in [2.05, 4.69) is 32.0 Å². The van der Waals surface area contributed by atoms with E-state index in [0.717, 1.165) is 18.8 Å². The van der Waals surface area contributed by atoms with E-state index in [1.54, 1.807) is 6.33 Å². The lowest BCUT2D eigenvalue weighted by Gasteiger charge is -2.04. The predicted molar refractivity (Wildman–Crippen MR) is 68.5 cm³/mol. The summed E-state index contributed by atoms with van der Waals surface area (Å²) < 4.78 is 1.86. The van der Waals surface area contributed by atoms with E-state index >= 15 is 0 Å². The molecule has 96 valence electrons. The second-order valence-corrected chi connectivity index (χ2v) is 4.46. The van der Waals surface area contributed by atoms with E-state index in [4.69, 9.17) is 11.5 Å². The molecule has 2 aromatic rings. The second kappa shape index (κ2) is 5.63. The molecule has 0 aliphatic rings. The number of hydrogen-bond acceptors (Lipinski definition) is 8. The molecule has 0 aromatic carbocycles. The van der Waals surface area contributed by atoms with Crippen LogP contribution in [-0.2, 0) is 12.3 Å².